The van der Waals surface area contributed by atoms with Crippen LogP contribution in [0, 0.1) is 39.3 Å². The number of nitrogens with zero attached hydrogens (tertiary/aromatic N) is 2. The summed E-state index contributed by atoms with van der Waals surface area (Å²) in [6.07, 6.45) is 0. The molecule has 0 saturated carbocycles. The Bertz CT molecular complexity index is 4310. The van der Waals surface area contributed by atoms with Crippen molar-refractivity contribution in [3.05, 3.63) is 263 Å². The molecule has 12 aromatic carbocycles. The van der Waals surface area contributed by atoms with Crippen LogP contribution in [0.25, 0.3) is 76.8 Å². The minimum absolute atomic E-state index is 0.187. The lowest BCUT2D eigenvalue weighted by Gasteiger charge is -2.32. The first kappa shape index (κ1) is 50.9. The van der Waals surface area contributed by atoms with Gasteiger partial charge in [-0.3, -0.25) is 0 Å². The molecule has 12 rings (SSSR count). The summed E-state index contributed by atoms with van der Waals surface area (Å²) in [4.78, 5) is 4.30. The van der Waals surface area contributed by atoms with Crippen LogP contribution in [0.15, 0.2) is 218 Å². The predicted molar refractivity (Wildman–Crippen MR) is 333 cm³/mol. The van der Waals surface area contributed by atoms with Crippen molar-refractivity contribution in [2.45, 2.75) is 73.6 Å². The molecule has 0 unspecified atom stereocenters. The zero-order valence-corrected chi connectivity index (χ0v) is 46.5. The van der Waals surface area contributed by atoms with Crippen molar-refractivity contribution < 1.29 is 8.78 Å². The van der Waals surface area contributed by atoms with Crippen molar-refractivity contribution in [2.75, 3.05) is 9.80 Å². The second-order valence-electron chi connectivity index (χ2n) is 23.0. The van der Waals surface area contributed by atoms with Crippen molar-refractivity contribution in [1.29, 1.82) is 0 Å². The van der Waals surface area contributed by atoms with E-state index in [9.17, 15) is 0 Å². The van der Waals surface area contributed by atoms with Crippen LogP contribution in [0.5, 0.6) is 0 Å². The molecular formula is C75H64F2N2. The van der Waals surface area contributed by atoms with Gasteiger partial charge in [0.05, 0.1) is 22.7 Å². The zero-order chi connectivity index (χ0) is 54.9. The summed E-state index contributed by atoms with van der Waals surface area (Å²) in [6, 6.07) is 75.7. The molecule has 12 aromatic rings. The molecule has 388 valence electrons. The first-order valence-corrected chi connectivity index (χ1v) is 27.5. The van der Waals surface area contributed by atoms with E-state index < -0.39 is 0 Å². The monoisotopic (exact) mass is 1030 g/mol. The summed E-state index contributed by atoms with van der Waals surface area (Å²) in [7, 11) is 0. The molecule has 0 aliphatic rings. The molecule has 0 N–H and O–H groups in total. The Labute approximate surface area is 464 Å². The fourth-order valence-electron chi connectivity index (χ4n) is 11.8. The van der Waals surface area contributed by atoms with Gasteiger partial charge < -0.3 is 9.80 Å². The highest BCUT2D eigenvalue weighted by Gasteiger charge is 2.29. The Morgan fingerprint density at radius 3 is 1.19 bits per heavy atom. The quantitative estimate of drug-likeness (QED) is 0.119. The van der Waals surface area contributed by atoms with E-state index in [1.165, 1.54) is 0 Å². The number of halogens is 2. The third-order valence-electron chi connectivity index (χ3n) is 15.8. The lowest BCUT2D eigenvalue weighted by molar-refractivity contribution is 0.590. The first-order valence-electron chi connectivity index (χ1n) is 27.5. The van der Waals surface area contributed by atoms with Gasteiger partial charge >= 0.3 is 0 Å². The Hall–Kier alpha value is -8.86. The van der Waals surface area contributed by atoms with Gasteiger partial charge in [0, 0.05) is 33.3 Å². The molecule has 79 heavy (non-hydrogen) atoms. The van der Waals surface area contributed by atoms with E-state index in [0.717, 1.165) is 133 Å². The maximum absolute atomic E-state index is 18.2. The standard InChI is InChI=1S/C75H64F2N2/c1-46(2)53-20-14-26-61(40-53)78(73-65(56-23-12-18-49(5)38-56)41-58(43-67(73)76)54-21-10-16-47(3)36-54)69-34-30-51-29-33-64-70(35-31-52-28-32-63(69)71(51)72(52)64)79(62-27-15-25-60(45-62)75(7,8)9)74-66(57-24-13-19-50(6)39-57)42-59(44-68(74)77)55-22-11-17-48(4)37-55/h10-46H,1-9H3. The lowest BCUT2D eigenvalue weighted by Crippen LogP contribution is -2.16. The van der Waals surface area contributed by atoms with Crippen LogP contribution in [0.3, 0.4) is 0 Å². The zero-order valence-electron chi connectivity index (χ0n) is 46.5. The summed E-state index contributed by atoms with van der Waals surface area (Å²) in [5.74, 6) is -0.427. The summed E-state index contributed by atoms with van der Waals surface area (Å²) in [5, 5.41) is 6.13. The highest BCUT2D eigenvalue weighted by atomic mass is 19.1. The number of anilines is 6. The third kappa shape index (κ3) is 9.50. The van der Waals surface area contributed by atoms with Gasteiger partial charge in [0.15, 0.2) is 0 Å². The van der Waals surface area contributed by atoms with Crippen molar-refractivity contribution >= 4 is 66.4 Å². The van der Waals surface area contributed by atoms with Crippen LogP contribution < -0.4 is 9.80 Å². The lowest BCUT2D eigenvalue weighted by atomic mass is 9.86. The molecule has 4 heteroatoms. The first-order chi connectivity index (χ1) is 38.1. The van der Waals surface area contributed by atoms with E-state index in [0.29, 0.717) is 11.4 Å². The average molecular weight is 1030 g/mol. The fraction of sp³-hybridized carbons (Fsp3) is 0.147. The summed E-state index contributed by atoms with van der Waals surface area (Å²) in [6.45, 7) is 19.4. The third-order valence-corrected chi connectivity index (χ3v) is 15.8. The number of hydrogen-bond donors (Lipinski definition) is 0. The summed E-state index contributed by atoms with van der Waals surface area (Å²) in [5.41, 5.74) is 17.8. The summed E-state index contributed by atoms with van der Waals surface area (Å²) < 4.78 is 36.4. The molecule has 2 nitrogen and oxygen atoms in total. The molecule has 0 aliphatic carbocycles. The summed E-state index contributed by atoms with van der Waals surface area (Å²) >= 11 is 0. The van der Waals surface area contributed by atoms with Crippen LogP contribution >= 0.6 is 0 Å². The van der Waals surface area contributed by atoms with Gasteiger partial charge in [-0.2, -0.15) is 0 Å². The molecular weight excluding hydrogens is 967 g/mol. The second-order valence-corrected chi connectivity index (χ2v) is 23.0. The van der Waals surface area contributed by atoms with E-state index in [2.05, 4.69) is 266 Å². The van der Waals surface area contributed by atoms with Gasteiger partial charge in [-0.25, -0.2) is 8.78 Å². The minimum atomic E-state index is -0.330. The van der Waals surface area contributed by atoms with Crippen molar-refractivity contribution in [2.24, 2.45) is 0 Å². The van der Waals surface area contributed by atoms with E-state index in [4.69, 9.17) is 0 Å². The Morgan fingerprint density at radius 2 is 0.759 bits per heavy atom. The van der Waals surface area contributed by atoms with Crippen molar-refractivity contribution in [3.8, 4) is 44.5 Å². The number of aryl methyl sites for hydroxylation is 4. The van der Waals surface area contributed by atoms with Gasteiger partial charge in [0.1, 0.15) is 11.6 Å². The molecule has 0 atom stereocenters. The highest BCUT2D eigenvalue weighted by Crippen LogP contribution is 2.52. The van der Waals surface area contributed by atoms with Crippen LogP contribution in [0.1, 0.15) is 73.9 Å². The maximum Gasteiger partial charge on any atom is 0.148 e. The number of benzene rings is 12. The second kappa shape index (κ2) is 20.2. The van der Waals surface area contributed by atoms with E-state index in [1.54, 1.807) is 12.1 Å². The van der Waals surface area contributed by atoms with E-state index in [1.807, 2.05) is 12.1 Å². The Balaban J connectivity index is 1.15. The molecule has 0 saturated heterocycles. The predicted octanol–water partition coefficient (Wildman–Crippen LogP) is 22.1. The van der Waals surface area contributed by atoms with E-state index >= 15 is 8.78 Å². The van der Waals surface area contributed by atoms with Crippen LogP contribution in [-0.4, -0.2) is 0 Å². The molecule has 0 amide bonds. The minimum Gasteiger partial charge on any atom is -0.307 e. The van der Waals surface area contributed by atoms with Gasteiger partial charge in [-0.15, -0.1) is 0 Å². The van der Waals surface area contributed by atoms with Crippen LogP contribution in [-0.2, 0) is 5.41 Å². The molecule has 0 bridgehead atoms. The largest absolute Gasteiger partial charge is 0.307 e. The average Bonchev–Trinajstić information content (AvgIpc) is 3.58. The Kier molecular flexibility index (Phi) is 13.0. The molecule has 0 aromatic heterocycles. The van der Waals surface area contributed by atoms with Gasteiger partial charge in [0.25, 0.3) is 0 Å². The molecule has 0 fully saturated rings. The highest BCUT2D eigenvalue weighted by molar-refractivity contribution is 6.28. The topological polar surface area (TPSA) is 6.48 Å². The molecule has 0 radical (unpaired) electrons. The Morgan fingerprint density at radius 1 is 0.367 bits per heavy atom. The van der Waals surface area contributed by atoms with Crippen molar-refractivity contribution in [1.82, 2.24) is 0 Å². The smallest absolute Gasteiger partial charge is 0.148 e. The van der Waals surface area contributed by atoms with Gasteiger partial charge in [-0.05, 0) is 166 Å². The van der Waals surface area contributed by atoms with Gasteiger partial charge in [-0.1, -0.05) is 215 Å². The van der Waals surface area contributed by atoms with Crippen LogP contribution in [0.2, 0.25) is 0 Å². The number of rotatable bonds is 11. The fourth-order valence-corrected chi connectivity index (χ4v) is 11.8. The van der Waals surface area contributed by atoms with Crippen LogP contribution in [0.4, 0.5) is 42.9 Å². The SMILES string of the molecule is Cc1cccc(-c2cc(F)c(N(c3cccc(C(C)C)c3)c3ccc4ccc5c(N(c6cccc(C(C)(C)C)c6)c6c(F)cc(-c7cccc(C)c7)cc6-c6cccc(C)c6)ccc6ccc3c4c65)c(-c3cccc(C)c3)c2)c1. The van der Waals surface area contributed by atoms with Gasteiger partial charge in [0.2, 0.25) is 0 Å². The molecule has 0 spiro atoms. The normalized spacial score (nSPS) is 11.8. The van der Waals surface area contributed by atoms with E-state index in [-0.39, 0.29) is 23.0 Å². The number of hydrogen-bond acceptors (Lipinski definition) is 2. The molecule has 0 aliphatic heterocycles. The molecule has 0 heterocycles. The maximum atomic E-state index is 18.2. The van der Waals surface area contributed by atoms with Crippen molar-refractivity contribution in [3.63, 3.8) is 0 Å².